The fraction of sp³-hybridized carbons (Fsp3) is 0.190. The zero-order valence-electron chi connectivity index (χ0n) is 15.2. The molecule has 3 aromatic rings. The van der Waals surface area contributed by atoms with E-state index in [1.54, 1.807) is 31.8 Å². The second-order valence-electron chi connectivity index (χ2n) is 6.00. The van der Waals surface area contributed by atoms with Crippen LogP contribution in [0.2, 0.25) is 0 Å². The van der Waals surface area contributed by atoms with Gasteiger partial charge in [-0.15, -0.1) is 0 Å². The largest absolute Gasteiger partial charge is 0.497 e. The average Bonchev–Trinajstić information content (AvgIpc) is 2.73. The van der Waals surface area contributed by atoms with Crippen LogP contribution in [-0.4, -0.2) is 29.5 Å². The Bertz CT molecular complexity index is 884. The fourth-order valence-electron chi connectivity index (χ4n) is 2.61. The summed E-state index contributed by atoms with van der Waals surface area (Å²) in [6, 6.07) is 15.3. The predicted octanol–water partition coefficient (Wildman–Crippen LogP) is 3.07. The van der Waals surface area contributed by atoms with Crippen molar-refractivity contribution in [3.05, 3.63) is 83.9 Å². The third kappa shape index (κ3) is 5.54. The molecule has 0 radical (unpaired) electrons. The number of anilines is 1. The number of rotatable bonds is 8. The van der Waals surface area contributed by atoms with Gasteiger partial charge in [0.2, 0.25) is 0 Å². The molecule has 0 atom stereocenters. The summed E-state index contributed by atoms with van der Waals surface area (Å²) in [4.78, 5) is 20.6. The van der Waals surface area contributed by atoms with E-state index in [9.17, 15) is 4.79 Å². The van der Waals surface area contributed by atoms with E-state index in [4.69, 9.17) is 4.74 Å². The molecular weight excluding hydrogens is 340 g/mol. The van der Waals surface area contributed by atoms with Crippen molar-refractivity contribution in [1.82, 2.24) is 15.3 Å². The van der Waals surface area contributed by atoms with Gasteiger partial charge in [-0.1, -0.05) is 18.2 Å². The molecule has 3 rings (SSSR count). The standard InChI is InChI=1S/C21H22N4O2/c1-27-19-6-2-4-16(12-19)7-10-24-21(26)20-13-18(8-11-23-20)25-15-17-5-3-9-22-14-17/h2-6,8-9,11-14H,7,10,15H2,1H3,(H,23,25)(H,24,26). The highest BCUT2D eigenvalue weighted by Crippen LogP contribution is 2.13. The van der Waals surface area contributed by atoms with Crippen LogP contribution in [0.5, 0.6) is 5.75 Å². The van der Waals surface area contributed by atoms with Crippen LogP contribution < -0.4 is 15.4 Å². The van der Waals surface area contributed by atoms with Gasteiger partial charge in [0.1, 0.15) is 11.4 Å². The van der Waals surface area contributed by atoms with Gasteiger partial charge in [0.05, 0.1) is 7.11 Å². The first-order valence-electron chi connectivity index (χ1n) is 8.74. The Kier molecular flexibility index (Phi) is 6.35. The van der Waals surface area contributed by atoms with Crippen LogP contribution in [0, 0.1) is 0 Å². The Balaban J connectivity index is 1.52. The molecule has 2 N–H and O–H groups in total. The van der Waals surface area contributed by atoms with Crippen molar-refractivity contribution in [2.45, 2.75) is 13.0 Å². The number of carbonyl (C=O) groups is 1. The van der Waals surface area contributed by atoms with Gasteiger partial charge in [-0.3, -0.25) is 14.8 Å². The fourth-order valence-corrected chi connectivity index (χ4v) is 2.61. The first-order chi connectivity index (χ1) is 13.2. The quantitative estimate of drug-likeness (QED) is 0.644. The van der Waals surface area contributed by atoms with E-state index in [2.05, 4.69) is 20.6 Å². The maximum Gasteiger partial charge on any atom is 0.269 e. The Labute approximate surface area is 158 Å². The van der Waals surface area contributed by atoms with E-state index >= 15 is 0 Å². The molecular formula is C21H22N4O2. The number of hydrogen-bond acceptors (Lipinski definition) is 5. The molecule has 0 fully saturated rings. The first-order valence-corrected chi connectivity index (χ1v) is 8.74. The summed E-state index contributed by atoms with van der Waals surface area (Å²) in [5, 5.41) is 6.18. The number of benzene rings is 1. The maximum atomic E-state index is 12.3. The molecule has 0 aliphatic rings. The van der Waals surface area contributed by atoms with Crippen LogP contribution in [0.3, 0.4) is 0 Å². The molecule has 0 aliphatic heterocycles. The Hall–Kier alpha value is -3.41. The predicted molar refractivity (Wildman–Crippen MR) is 105 cm³/mol. The molecule has 0 saturated carbocycles. The smallest absolute Gasteiger partial charge is 0.269 e. The molecule has 0 bridgehead atoms. The number of ether oxygens (including phenoxy) is 1. The first kappa shape index (κ1) is 18.4. The minimum absolute atomic E-state index is 0.192. The lowest BCUT2D eigenvalue weighted by atomic mass is 10.1. The van der Waals surface area contributed by atoms with E-state index in [1.165, 1.54) is 0 Å². The number of amides is 1. The van der Waals surface area contributed by atoms with Gasteiger partial charge >= 0.3 is 0 Å². The second-order valence-corrected chi connectivity index (χ2v) is 6.00. The Morgan fingerprint density at radius 3 is 2.78 bits per heavy atom. The van der Waals surface area contributed by atoms with E-state index < -0.39 is 0 Å². The highest BCUT2D eigenvalue weighted by Gasteiger charge is 2.08. The molecule has 0 aliphatic carbocycles. The third-order valence-corrected chi connectivity index (χ3v) is 4.05. The van der Waals surface area contributed by atoms with Gasteiger partial charge in [0.15, 0.2) is 0 Å². The van der Waals surface area contributed by atoms with Gasteiger partial charge in [0.25, 0.3) is 5.91 Å². The van der Waals surface area contributed by atoms with Crippen molar-refractivity contribution in [3.8, 4) is 5.75 Å². The number of hydrogen-bond donors (Lipinski definition) is 2. The summed E-state index contributed by atoms with van der Waals surface area (Å²) >= 11 is 0. The van der Waals surface area contributed by atoms with E-state index in [-0.39, 0.29) is 5.91 Å². The summed E-state index contributed by atoms with van der Waals surface area (Å²) < 4.78 is 5.21. The maximum absolute atomic E-state index is 12.3. The molecule has 27 heavy (non-hydrogen) atoms. The number of nitrogens with zero attached hydrogens (tertiary/aromatic N) is 2. The highest BCUT2D eigenvalue weighted by molar-refractivity contribution is 5.93. The van der Waals surface area contributed by atoms with E-state index in [1.807, 2.05) is 42.5 Å². The number of nitrogens with one attached hydrogen (secondary N) is 2. The topological polar surface area (TPSA) is 76.1 Å². The van der Waals surface area contributed by atoms with Crippen molar-refractivity contribution in [2.75, 3.05) is 19.0 Å². The summed E-state index contributed by atoms with van der Waals surface area (Å²) in [6.07, 6.45) is 5.90. The van der Waals surface area contributed by atoms with Gasteiger partial charge in [-0.25, -0.2) is 0 Å². The Morgan fingerprint density at radius 2 is 1.96 bits per heavy atom. The van der Waals surface area contributed by atoms with Crippen LogP contribution in [0.15, 0.2) is 67.1 Å². The van der Waals surface area contributed by atoms with Gasteiger partial charge < -0.3 is 15.4 Å². The molecule has 2 heterocycles. The number of carbonyl (C=O) groups excluding carboxylic acids is 1. The summed E-state index contributed by atoms with van der Waals surface area (Å²) in [5.41, 5.74) is 3.40. The number of methoxy groups -OCH3 is 1. The van der Waals surface area contributed by atoms with Crippen molar-refractivity contribution >= 4 is 11.6 Å². The van der Waals surface area contributed by atoms with Crippen LogP contribution >= 0.6 is 0 Å². The normalized spacial score (nSPS) is 10.3. The minimum atomic E-state index is -0.192. The molecule has 0 unspecified atom stereocenters. The molecule has 138 valence electrons. The van der Waals surface area contributed by atoms with Crippen LogP contribution in [0.4, 0.5) is 5.69 Å². The zero-order valence-corrected chi connectivity index (χ0v) is 15.2. The van der Waals surface area contributed by atoms with Gasteiger partial charge in [-0.05, 0) is 47.9 Å². The van der Waals surface area contributed by atoms with Crippen molar-refractivity contribution in [3.63, 3.8) is 0 Å². The van der Waals surface area contributed by atoms with Crippen LogP contribution in [0.1, 0.15) is 21.6 Å². The molecule has 6 nitrogen and oxygen atoms in total. The van der Waals surface area contributed by atoms with Gasteiger partial charge in [0, 0.05) is 37.4 Å². The van der Waals surface area contributed by atoms with E-state index in [0.29, 0.717) is 18.8 Å². The summed E-state index contributed by atoms with van der Waals surface area (Å²) in [6.45, 7) is 1.16. The molecule has 0 saturated heterocycles. The molecule has 1 aromatic carbocycles. The van der Waals surface area contributed by atoms with Crippen molar-refractivity contribution in [1.29, 1.82) is 0 Å². The number of pyridine rings is 2. The average molecular weight is 362 g/mol. The lowest BCUT2D eigenvalue weighted by Crippen LogP contribution is -2.26. The highest BCUT2D eigenvalue weighted by atomic mass is 16.5. The summed E-state index contributed by atoms with van der Waals surface area (Å²) in [7, 11) is 1.64. The molecule has 2 aromatic heterocycles. The van der Waals surface area contributed by atoms with Crippen molar-refractivity contribution in [2.24, 2.45) is 0 Å². The molecule has 1 amide bonds. The Morgan fingerprint density at radius 1 is 1.07 bits per heavy atom. The zero-order chi connectivity index (χ0) is 18.9. The molecule has 0 spiro atoms. The van der Waals surface area contributed by atoms with Crippen molar-refractivity contribution < 1.29 is 9.53 Å². The number of aromatic nitrogens is 2. The summed E-state index contributed by atoms with van der Waals surface area (Å²) in [5.74, 6) is 0.621. The van der Waals surface area contributed by atoms with Crippen LogP contribution in [-0.2, 0) is 13.0 Å². The second kappa shape index (κ2) is 9.33. The van der Waals surface area contributed by atoms with Gasteiger partial charge in [-0.2, -0.15) is 0 Å². The minimum Gasteiger partial charge on any atom is -0.497 e. The van der Waals surface area contributed by atoms with E-state index in [0.717, 1.165) is 29.0 Å². The van der Waals surface area contributed by atoms with Crippen LogP contribution in [0.25, 0.3) is 0 Å². The lowest BCUT2D eigenvalue weighted by Gasteiger charge is -2.09. The SMILES string of the molecule is COc1cccc(CCNC(=O)c2cc(NCc3cccnc3)ccn2)c1. The molecule has 6 heteroatoms. The monoisotopic (exact) mass is 362 g/mol. The third-order valence-electron chi connectivity index (χ3n) is 4.05. The lowest BCUT2D eigenvalue weighted by molar-refractivity contribution is 0.0949.